The highest BCUT2D eigenvalue weighted by Gasteiger charge is 2.25. The van der Waals surface area contributed by atoms with Crippen molar-refractivity contribution in [3.8, 4) is 16.9 Å². The maximum absolute atomic E-state index is 12.7. The molecule has 26 heavy (non-hydrogen) atoms. The molecule has 2 aromatic heterocycles. The summed E-state index contributed by atoms with van der Waals surface area (Å²) in [7, 11) is 1.35. The highest BCUT2D eigenvalue weighted by atomic mass is 16.5. The molecule has 6 heteroatoms. The summed E-state index contributed by atoms with van der Waals surface area (Å²) in [6.07, 6.45) is 0. The van der Waals surface area contributed by atoms with E-state index in [0.717, 1.165) is 16.6 Å². The molecule has 2 N–H and O–H groups in total. The molecule has 0 saturated heterocycles. The minimum absolute atomic E-state index is 0.277. The van der Waals surface area contributed by atoms with E-state index in [1.54, 1.807) is 11.5 Å². The summed E-state index contributed by atoms with van der Waals surface area (Å²) in [6.45, 7) is 1.79. The number of para-hydroxylation sites is 2. The lowest BCUT2D eigenvalue weighted by molar-refractivity contribution is 0.0601. The highest BCUT2D eigenvalue weighted by Crippen LogP contribution is 2.33. The Balaban J connectivity index is 2.11. The van der Waals surface area contributed by atoms with Crippen LogP contribution in [0.25, 0.3) is 28.0 Å². The maximum atomic E-state index is 12.7. The first-order valence-electron chi connectivity index (χ1n) is 8.18. The van der Waals surface area contributed by atoms with Crippen molar-refractivity contribution < 1.29 is 9.53 Å². The topological polar surface area (TPSA) is 79.9 Å². The number of hydrogen-bond acceptors (Lipinski definition) is 3. The Morgan fingerprint density at radius 3 is 2.42 bits per heavy atom. The quantitative estimate of drug-likeness (QED) is 0.557. The molecule has 0 aliphatic carbocycles. The number of esters is 1. The van der Waals surface area contributed by atoms with E-state index in [1.165, 1.54) is 7.11 Å². The molecule has 0 saturated carbocycles. The number of aromatic amines is 2. The predicted molar refractivity (Wildman–Crippen MR) is 99.8 cm³/mol. The van der Waals surface area contributed by atoms with Gasteiger partial charge in [0.25, 0.3) is 0 Å². The molecule has 130 valence electrons. The van der Waals surface area contributed by atoms with E-state index in [1.807, 2.05) is 54.6 Å². The second kappa shape index (κ2) is 6.07. The van der Waals surface area contributed by atoms with Gasteiger partial charge in [0.1, 0.15) is 5.82 Å². The zero-order valence-corrected chi connectivity index (χ0v) is 14.4. The van der Waals surface area contributed by atoms with Crippen LogP contribution in [0.15, 0.2) is 59.4 Å². The Kier molecular flexibility index (Phi) is 3.73. The second-order valence-corrected chi connectivity index (χ2v) is 5.99. The van der Waals surface area contributed by atoms with E-state index >= 15 is 0 Å². The van der Waals surface area contributed by atoms with Gasteiger partial charge in [0, 0.05) is 11.3 Å². The third-order valence-corrected chi connectivity index (χ3v) is 4.43. The monoisotopic (exact) mass is 347 g/mol. The normalized spacial score (nSPS) is 11.0. The second-order valence-electron chi connectivity index (χ2n) is 5.99. The van der Waals surface area contributed by atoms with Gasteiger partial charge >= 0.3 is 11.7 Å². The molecule has 2 aromatic carbocycles. The minimum Gasteiger partial charge on any atom is -0.465 e. The number of benzene rings is 2. The lowest BCUT2D eigenvalue weighted by Crippen LogP contribution is -2.16. The molecule has 0 fully saturated rings. The molecular formula is C20H17N3O3. The number of carbonyl (C=O) groups excluding carboxylic acids is 1. The molecule has 0 aliphatic heterocycles. The number of ether oxygens (including phenoxy) is 1. The Morgan fingerprint density at radius 1 is 1.00 bits per heavy atom. The number of carbonyl (C=O) groups is 1. The average molecular weight is 347 g/mol. The van der Waals surface area contributed by atoms with Gasteiger partial charge in [-0.15, -0.1) is 0 Å². The molecule has 0 aliphatic rings. The fourth-order valence-corrected chi connectivity index (χ4v) is 3.30. The maximum Gasteiger partial charge on any atom is 0.340 e. The van der Waals surface area contributed by atoms with Gasteiger partial charge in [0.05, 0.1) is 23.7 Å². The minimum atomic E-state index is -0.447. The van der Waals surface area contributed by atoms with Crippen molar-refractivity contribution in [2.45, 2.75) is 6.92 Å². The number of aryl methyl sites for hydroxylation is 1. The van der Waals surface area contributed by atoms with Crippen LogP contribution in [0.5, 0.6) is 0 Å². The van der Waals surface area contributed by atoms with Gasteiger partial charge in [-0.25, -0.2) is 14.2 Å². The van der Waals surface area contributed by atoms with Gasteiger partial charge in [0.2, 0.25) is 0 Å². The Labute approximate surface area is 149 Å². The zero-order valence-electron chi connectivity index (χ0n) is 14.4. The van der Waals surface area contributed by atoms with E-state index in [2.05, 4.69) is 9.97 Å². The number of imidazole rings is 1. The van der Waals surface area contributed by atoms with E-state index in [9.17, 15) is 9.59 Å². The molecule has 0 atom stereocenters. The van der Waals surface area contributed by atoms with E-state index in [0.29, 0.717) is 22.6 Å². The van der Waals surface area contributed by atoms with Crippen LogP contribution in [0.4, 0.5) is 0 Å². The lowest BCUT2D eigenvalue weighted by atomic mass is 10.0. The highest BCUT2D eigenvalue weighted by molar-refractivity contribution is 6.01. The standard InChI is InChI=1S/C20H17N3O3/c1-12-16(19(24)26-2)17(13-8-4-3-5-9-13)18(21-12)23-15-11-7-6-10-14(15)22-20(23)25/h3-11,21H,1-2H3,(H,22,25). The van der Waals surface area contributed by atoms with Gasteiger partial charge in [-0.3, -0.25) is 0 Å². The molecule has 4 rings (SSSR count). The number of fused-ring (bicyclic) bond motifs is 1. The third-order valence-electron chi connectivity index (χ3n) is 4.43. The summed E-state index contributed by atoms with van der Waals surface area (Å²) in [6, 6.07) is 16.9. The van der Waals surface area contributed by atoms with Crippen LogP contribution in [-0.4, -0.2) is 27.6 Å². The first-order valence-corrected chi connectivity index (χ1v) is 8.18. The van der Waals surface area contributed by atoms with E-state index in [4.69, 9.17) is 4.74 Å². The lowest BCUT2D eigenvalue weighted by Gasteiger charge is -2.08. The smallest absolute Gasteiger partial charge is 0.340 e. The molecule has 6 nitrogen and oxygen atoms in total. The number of nitrogens with zero attached hydrogens (tertiary/aromatic N) is 1. The molecular weight excluding hydrogens is 330 g/mol. The summed E-state index contributed by atoms with van der Waals surface area (Å²) in [5.74, 6) is 0.0910. The van der Waals surface area contributed by atoms with Crippen molar-refractivity contribution in [1.29, 1.82) is 0 Å². The average Bonchev–Trinajstić information content (AvgIpc) is 3.17. The Hall–Kier alpha value is -3.54. The molecule has 0 unspecified atom stereocenters. The molecule has 2 heterocycles. The van der Waals surface area contributed by atoms with Crippen molar-refractivity contribution in [3.63, 3.8) is 0 Å². The van der Waals surface area contributed by atoms with Gasteiger partial charge in [-0.05, 0) is 24.6 Å². The SMILES string of the molecule is COC(=O)c1c(C)[nH]c(-n2c(=O)[nH]c3ccccc32)c1-c1ccccc1. The van der Waals surface area contributed by atoms with Crippen LogP contribution >= 0.6 is 0 Å². The molecule has 0 radical (unpaired) electrons. The number of aromatic nitrogens is 3. The van der Waals surface area contributed by atoms with Gasteiger partial charge < -0.3 is 14.7 Å². The van der Waals surface area contributed by atoms with Gasteiger partial charge in [-0.1, -0.05) is 42.5 Å². The van der Waals surface area contributed by atoms with Crippen molar-refractivity contribution in [1.82, 2.24) is 14.5 Å². The predicted octanol–water partition coefficient (Wildman–Crippen LogP) is 3.41. The fourth-order valence-electron chi connectivity index (χ4n) is 3.30. The van der Waals surface area contributed by atoms with Gasteiger partial charge in [-0.2, -0.15) is 0 Å². The number of nitrogens with one attached hydrogen (secondary N) is 2. The summed E-state index contributed by atoms with van der Waals surface area (Å²) in [5, 5.41) is 0. The molecule has 0 amide bonds. The Morgan fingerprint density at radius 2 is 1.69 bits per heavy atom. The number of hydrogen-bond donors (Lipinski definition) is 2. The largest absolute Gasteiger partial charge is 0.465 e. The molecule has 0 spiro atoms. The fraction of sp³-hybridized carbons (Fsp3) is 0.100. The van der Waals surface area contributed by atoms with Crippen LogP contribution in [0.3, 0.4) is 0 Å². The third kappa shape index (κ3) is 2.35. The van der Waals surface area contributed by atoms with Crippen LogP contribution in [0.1, 0.15) is 16.1 Å². The van der Waals surface area contributed by atoms with Gasteiger partial charge in [0.15, 0.2) is 0 Å². The van der Waals surface area contributed by atoms with Crippen LogP contribution < -0.4 is 5.69 Å². The Bertz CT molecular complexity index is 1170. The molecule has 4 aromatic rings. The number of methoxy groups -OCH3 is 1. The van der Waals surface area contributed by atoms with Crippen LogP contribution in [-0.2, 0) is 4.74 Å². The van der Waals surface area contributed by atoms with Crippen molar-refractivity contribution >= 4 is 17.0 Å². The summed E-state index contributed by atoms with van der Waals surface area (Å²) < 4.78 is 6.53. The van der Waals surface area contributed by atoms with E-state index < -0.39 is 5.97 Å². The first kappa shape index (κ1) is 16.0. The van der Waals surface area contributed by atoms with Crippen molar-refractivity contribution in [2.75, 3.05) is 7.11 Å². The van der Waals surface area contributed by atoms with Crippen molar-refractivity contribution in [3.05, 3.63) is 76.3 Å². The zero-order chi connectivity index (χ0) is 18.3. The molecule has 0 bridgehead atoms. The van der Waals surface area contributed by atoms with Crippen LogP contribution in [0, 0.1) is 6.92 Å². The summed E-state index contributed by atoms with van der Waals surface area (Å²) >= 11 is 0. The van der Waals surface area contributed by atoms with Crippen molar-refractivity contribution in [2.24, 2.45) is 0 Å². The first-order chi connectivity index (χ1) is 12.6. The number of H-pyrrole nitrogens is 2. The summed E-state index contributed by atoms with van der Waals surface area (Å²) in [4.78, 5) is 31.1. The van der Waals surface area contributed by atoms with Crippen LogP contribution in [0.2, 0.25) is 0 Å². The summed E-state index contributed by atoms with van der Waals surface area (Å²) in [5.41, 5.74) is 3.71. The van der Waals surface area contributed by atoms with E-state index in [-0.39, 0.29) is 5.69 Å². The number of rotatable bonds is 3.